The molecule has 4 nitrogen and oxygen atoms in total. The highest BCUT2D eigenvalue weighted by molar-refractivity contribution is 7.99. The van der Waals surface area contributed by atoms with Crippen LogP contribution in [0.2, 0.25) is 5.02 Å². The summed E-state index contributed by atoms with van der Waals surface area (Å²) in [5.74, 6) is 1.44. The molecule has 0 aliphatic heterocycles. The normalized spacial score (nSPS) is 10.8. The number of fused-ring (bicyclic) bond motifs is 1. The molecule has 0 spiro atoms. The molecule has 124 valence electrons. The quantitative estimate of drug-likeness (QED) is 0.608. The lowest BCUT2D eigenvalue weighted by Crippen LogP contribution is -2.11. The number of halogens is 1. The van der Waals surface area contributed by atoms with E-state index in [1.165, 1.54) is 11.3 Å². The Labute approximate surface area is 153 Å². The van der Waals surface area contributed by atoms with Crippen LogP contribution in [0.3, 0.4) is 0 Å². The molecule has 1 N–H and O–H groups in total. The molecule has 1 heterocycles. The molecule has 0 unspecified atom stereocenters. The number of carbonyl (C=O) groups excluding carboxylic acids is 1. The second-order valence-corrected chi connectivity index (χ2v) is 7.59. The summed E-state index contributed by atoms with van der Waals surface area (Å²) in [5.41, 5.74) is 0.853. The third-order valence-corrected chi connectivity index (χ3v) is 5.45. The van der Waals surface area contributed by atoms with Crippen LogP contribution in [0.4, 0.5) is 5.13 Å². The predicted octanol–water partition coefficient (Wildman–Crippen LogP) is 5.08. The second-order valence-electron chi connectivity index (χ2n) is 4.95. The molecule has 0 aliphatic carbocycles. The molecule has 2 aromatic carbocycles. The van der Waals surface area contributed by atoms with Crippen molar-refractivity contribution in [3.63, 3.8) is 0 Å². The largest absolute Gasteiger partial charge is 0.497 e. The number of carbonyl (C=O) groups is 1. The molecule has 1 aromatic heterocycles. The lowest BCUT2D eigenvalue weighted by atomic mass is 10.3. The van der Waals surface area contributed by atoms with Gasteiger partial charge in [-0.25, -0.2) is 4.98 Å². The van der Waals surface area contributed by atoms with Gasteiger partial charge in [-0.3, -0.25) is 4.79 Å². The van der Waals surface area contributed by atoms with E-state index in [0.717, 1.165) is 20.9 Å². The summed E-state index contributed by atoms with van der Waals surface area (Å²) in [7, 11) is 1.63. The van der Waals surface area contributed by atoms with Gasteiger partial charge in [-0.1, -0.05) is 22.9 Å². The minimum absolute atomic E-state index is 0.0394. The Balaban J connectivity index is 1.53. The number of hydrogen-bond acceptors (Lipinski definition) is 5. The van der Waals surface area contributed by atoms with Crippen molar-refractivity contribution in [1.82, 2.24) is 4.98 Å². The van der Waals surface area contributed by atoms with Crippen molar-refractivity contribution >= 4 is 56.0 Å². The average Bonchev–Trinajstić information content (AvgIpc) is 2.97. The number of nitrogens with one attached hydrogen (secondary N) is 1. The molecule has 7 heteroatoms. The number of methoxy groups -OCH3 is 1. The van der Waals surface area contributed by atoms with Crippen LogP contribution in [0.5, 0.6) is 5.75 Å². The molecule has 1 amide bonds. The first-order valence-corrected chi connectivity index (χ1v) is 9.45. The molecule has 0 fully saturated rings. The van der Waals surface area contributed by atoms with Crippen molar-refractivity contribution in [2.24, 2.45) is 0 Å². The Bertz CT molecular complexity index is 849. The van der Waals surface area contributed by atoms with Crippen LogP contribution in [0.1, 0.15) is 6.42 Å². The highest BCUT2D eigenvalue weighted by Crippen LogP contribution is 2.29. The maximum absolute atomic E-state index is 12.1. The molecule has 3 rings (SSSR count). The van der Waals surface area contributed by atoms with Gasteiger partial charge in [-0.15, -0.1) is 11.8 Å². The second kappa shape index (κ2) is 7.88. The summed E-state index contributed by atoms with van der Waals surface area (Å²) in [6.07, 6.45) is 0.423. The van der Waals surface area contributed by atoms with Crippen LogP contribution in [-0.4, -0.2) is 23.8 Å². The molecule has 0 radical (unpaired) electrons. The van der Waals surface area contributed by atoms with E-state index in [9.17, 15) is 4.79 Å². The third-order valence-electron chi connectivity index (χ3n) is 3.25. The number of thioether (sulfide) groups is 1. The van der Waals surface area contributed by atoms with E-state index in [2.05, 4.69) is 10.3 Å². The number of rotatable bonds is 6. The van der Waals surface area contributed by atoms with Crippen molar-refractivity contribution in [2.45, 2.75) is 11.3 Å². The zero-order valence-corrected chi connectivity index (χ0v) is 15.3. The van der Waals surface area contributed by atoms with Gasteiger partial charge < -0.3 is 10.1 Å². The van der Waals surface area contributed by atoms with Crippen LogP contribution in [0.15, 0.2) is 47.4 Å². The molecule has 0 atom stereocenters. The minimum Gasteiger partial charge on any atom is -0.497 e. The first-order valence-electron chi connectivity index (χ1n) is 7.27. The first-order chi connectivity index (χ1) is 11.6. The summed E-state index contributed by atoms with van der Waals surface area (Å²) in [5, 5.41) is 4.18. The molecule has 0 saturated carbocycles. The van der Waals surface area contributed by atoms with E-state index in [4.69, 9.17) is 16.3 Å². The average molecular weight is 379 g/mol. The van der Waals surface area contributed by atoms with Crippen molar-refractivity contribution in [3.05, 3.63) is 47.5 Å². The Hall–Kier alpha value is -1.76. The highest BCUT2D eigenvalue weighted by Gasteiger charge is 2.09. The molecule has 3 aromatic rings. The Morgan fingerprint density at radius 1 is 1.29 bits per heavy atom. The number of thiazole rings is 1. The standard InChI is InChI=1S/C17H15ClN2O2S2/c1-22-12-4-7-14-15(10-12)24-17(19-14)20-16(21)8-9-23-13-5-2-11(18)3-6-13/h2-7,10H,8-9H2,1H3,(H,19,20,21). The van der Waals surface area contributed by atoms with Crippen LogP contribution in [-0.2, 0) is 4.79 Å². The fraction of sp³-hybridized carbons (Fsp3) is 0.176. The van der Waals surface area contributed by atoms with Gasteiger partial charge in [0.05, 0.1) is 17.3 Å². The smallest absolute Gasteiger partial charge is 0.226 e. The Morgan fingerprint density at radius 3 is 2.83 bits per heavy atom. The first kappa shape index (κ1) is 17.1. The fourth-order valence-corrected chi connectivity index (χ4v) is 3.95. The van der Waals surface area contributed by atoms with E-state index in [0.29, 0.717) is 22.3 Å². The number of ether oxygens (including phenoxy) is 1. The fourth-order valence-electron chi connectivity index (χ4n) is 2.06. The van der Waals surface area contributed by atoms with Crippen molar-refractivity contribution in [3.8, 4) is 5.75 Å². The maximum Gasteiger partial charge on any atom is 0.226 e. The summed E-state index contributed by atoms with van der Waals surface area (Å²) >= 11 is 8.92. The lowest BCUT2D eigenvalue weighted by Gasteiger charge is -2.02. The highest BCUT2D eigenvalue weighted by atomic mass is 35.5. The molecule has 0 bridgehead atoms. The van der Waals surface area contributed by atoms with Gasteiger partial charge in [0.1, 0.15) is 5.75 Å². The summed E-state index contributed by atoms with van der Waals surface area (Å²) in [6, 6.07) is 13.3. The number of anilines is 1. The van der Waals surface area contributed by atoms with E-state index in [1.54, 1.807) is 18.9 Å². The monoisotopic (exact) mass is 378 g/mol. The van der Waals surface area contributed by atoms with Crippen LogP contribution in [0.25, 0.3) is 10.2 Å². The van der Waals surface area contributed by atoms with E-state index in [-0.39, 0.29) is 5.91 Å². The van der Waals surface area contributed by atoms with Crippen molar-refractivity contribution in [1.29, 1.82) is 0 Å². The molecule has 24 heavy (non-hydrogen) atoms. The lowest BCUT2D eigenvalue weighted by molar-refractivity contribution is -0.115. The van der Waals surface area contributed by atoms with Crippen LogP contribution < -0.4 is 10.1 Å². The van der Waals surface area contributed by atoms with Crippen LogP contribution in [0, 0.1) is 0 Å². The number of amides is 1. The Morgan fingerprint density at radius 2 is 2.08 bits per heavy atom. The summed E-state index contributed by atoms with van der Waals surface area (Å²) in [4.78, 5) is 17.6. The molecular formula is C17H15ClN2O2S2. The number of aromatic nitrogens is 1. The SMILES string of the molecule is COc1ccc2nc(NC(=O)CCSc3ccc(Cl)cc3)sc2c1. The topological polar surface area (TPSA) is 51.2 Å². The molecule has 0 saturated heterocycles. The van der Waals surface area contributed by atoms with Gasteiger partial charge in [0.15, 0.2) is 5.13 Å². The van der Waals surface area contributed by atoms with Gasteiger partial charge in [-0.2, -0.15) is 0 Å². The third kappa shape index (κ3) is 4.41. The van der Waals surface area contributed by atoms with E-state index >= 15 is 0 Å². The maximum atomic E-state index is 12.1. The summed E-state index contributed by atoms with van der Waals surface area (Å²) in [6.45, 7) is 0. The van der Waals surface area contributed by atoms with Gasteiger partial charge >= 0.3 is 0 Å². The summed E-state index contributed by atoms with van der Waals surface area (Å²) < 4.78 is 6.18. The molecule has 0 aliphatic rings. The molecular weight excluding hydrogens is 364 g/mol. The predicted molar refractivity (Wildman–Crippen MR) is 102 cm³/mol. The van der Waals surface area contributed by atoms with Gasteiger partial charge in [0.25, 0.3) is 0 Å². The van der Waals surface area contributed by atoms with E-state index in [1.807, 2.05) is 42.5 Å². The number of hydrogen-bond donors (Lipinski definition) is 1. The van der Waals surface area contributed by atoms with E-state index < -0.39 is 0 Å². The number of benzene rings is 2. The van der Waals surface area contributed by atoms with Crippen LogP contribution >= 0.6 is 34.7 Å². The van der Waals surface area contributed by atoms with Gasteiger partial charge in [-0.05, 0) is 42.5 Å². The Kier molecular flexibility index (Phi) is 5.60. The van der Waals surface area contributed by atoms with Crippen molar-refractivity contribution < 1.29 is 9.53 Å². The van der Waals surface area contributed by atoms with Gasteiger partial charge in [0.2, 0.25) is 5.91 Å². The van der Waals surface area contributed by atoms with Crippen molar-refractivity contribution in [2.75, 3.05) is 18.2 Å². The van der Waals surface area contributed by atoms with Gasteiger partial charge in [0, 0.05) is 22.1 Å². The zero-order valence-electron chi connectivity index (χ0n) is 12.9. The number of nitrogens with zero attached hydrogens (tertiary/aromatic N) is 1. The zero-order chi connectivity index (χ0) is 16.9. The minimum atomic E-state index is -0.0394.